The number of nitrogens with two attached hydrogens (primary N) is 1. The van der Waals surface area contributed by atoms with Gasteiger partial charge in [-0.1, -0.05) is 59.7 Å². The van der Waals surface area contributed by atoms with E-state index in [-0.39, 0.29) is 6.04 Å². The Hall–Kier alpha value is -1.60. The lowest BCUT2D eigenvalue weighted by Gasteiger charge is -2.12. The second kappa shape index (κ2) is 6.53. The molecular formula is C18H23N. The van der Waals surface area contributed by atoms with Crippen LogP contribution in [0, 0.1) is 13.8 Å². The van der Waals surface area contributed by atoms with Gasteiger partial charge in [0.1, 0.15) is 0 Å². The zero-order chi connectivity index (χ0) is 13.7. The first-order valence-corrected chi connectivity index (χ1v) is 7.00. The van der Waals surface area contributed by atoms with Gasteiger partial charge in [0.25, 0.3) is 0 Å². The van der Waals surface area contributed by atoms with E-state index in [0.717, 1.165) is 19.3 Å². The van der Waals surface area contributed by atoms with Crippen molar-refractivity contribution >= 4 is 0 Å². The molecule has 19 heavy (non-hydrogen) atoms. The van der Waals surface area contributed by atoms with Crippen molar-refractivity contribution in [3.8, 4) is 0 Å². The van der Waals surface area contributed by atoms with Gasteiger partial charge in [-0.15, -0.1) is 0 Å². The molecule has 0 fully saturated rings. The highest BCUT2D eigenvalue weighted by Gasteiger charge is 2.05. The van der Waals surface area contributed by atoms with Crippen molar-refractivity contribution in [1.82, 2.24) is 0 Å². The lowest BCUT2D eigenvalue weighted by molar-refractivity contribution is 0.610. The molecule has 2 rings (SSSR count). The first-order chi connectivity index (χ1) is 9.13. The molecule has 0 aliphatic carbocycles. The second-order valence-electron chi connectivity index (χ2n) is 5.48. The molecule has 0 saturated heterocycles. The topological polar surface area (TPSA) is 26.0 Å². The maximum absolute atomic E-state index is 6.24. The molecule has 0 heterocycles. The average Bonchev–Trinajstić information content (AvgIpc) is 2.36. The minimum absolute atomic E-state index is 0.238. The van der Waals surface area contributed by atoms with Gasteiger partial charge in [0, 0.05) is 6.04 Å². The summed E-state index contributed by atoms with van der Waals surface area (Å²) in [5.41, 5.74) is 11.6. The molecule has 100 valence electrons. The number of hydrogen-bond acceptors (Lipinski definition) is 1. The molecule has 2 N–H and O–H groups in total. The van der Waals surface area contributed by atoms with E-state index in [0.29, 0.717) is 0 Å². The van der Waals surface area contributed by atoms with Gasteiger partial charge in [-0.3, -0.25) is 0 Å². The van der Waals surface area contributed by atoms with Crippen LogP contribution in [-0.4, -0.2) is 6.04 Å². The third kappa shape index (κ3) is 4.53. The molecular weight excluding hydrogens is 230 g/mol. The standard InChI is InChI=1S/C18H23N/c1-14-5-3-7-16(11-14)9-10-18(19)13-17-8-4-6-15(2)12-17/h3-8,11-12,18H,9-10,13,19H2,1-2H3. The van der Waals surface area contributed by atoms with E-state index in [9.17, 15) is 0 Å². The fraction of sp³-hybridized carbons (Fsp3) is 0.333. The highest BCUT2D eigenvalue weighted by Crippen LogP contribution is 2.11. The summed E-state index contributed by atoms with van der Waals surface area (Å²) >= 11 is 0. The van der Waals surface area contributed by atoms with Crippen molar-refractivity contribution in [1.29, 1.82) is 0 Å². The summed E-state index contributed by atoms with van der Waals surface area (Å²) < 4.78 is 0. The van der Waals surface area contributed by atoms with Gasteiger partial charge >= 0.3 is 0 Å². The van der Waals surface area contributed by atoms with E-state index >= 15 is 0 Å². The van der Waals surface area contributed by atoms with Crippen LogP contribution in [0.2, 0.25) is 0 Å². The molecule has 0 radical (unpaired) electrons. The van der Waals surface area contributed by atoms with Gasteiger partial charge in [0.15, 0.2) is 0 Å². The van der Waals surface area contributed by atoms with Gasteiger partial charge in [-0.05, 0) is 44.2 Å². The Morgan fingerprint density at radius 1 is 0.895 bits per heavy atom. The Balaban J connectivity index is 1.86. The molecule has 0 aliphatic rings. The van der Waals surface area contributed by atoms with E-state index in [1.807, 2.05) is 0 Å². The van der Waals surface area contributed by atoms with Crippen molar-refractivity contribution in [2.75, 3.05) is 0 Å². The largest absolute Gasteiger partial charge is 0.327 e. The molecule has 2 aromatic rings. The summed E-state index contributed by atoms with van der Waals surface area (Å²) in [5, 5.41) is 0. The second-order valence-corrected chi connectivity index (χ2v) is 5.48. The Labute approximate surface area is 116 Å². The number of aryl methyl sites for hydroxylation is 3. The van der Waals surface area contributed by atoms with Crippen LogP contribution in [0.1, 0.15) is 28.7 Å². The predicted octanol–water partition coefficient (Wildman–Crippen LogP) is 3.81. The van der Waals surface area contributed by atoms with E-state index < -0.39 is 0 Å². The molecule has 0 amide bonds. The molecule has 0 aromatic heterocycles. The first kappa shape index (κ1) is 13.8. The highest BCUT2D eigenvalue weighted by atomic mass is 14.6. The van der Waals surface area contributed by atoms with Gasteiger partial charge < -0.3 is 5.73 Å². The first-order valence-electron chi connectivity index (χ1n) is 7.00. The summed E-state index contributed by atoms with van der Waals surface area (Å²) in [5.74, 6) is 0. The molecule has 0 bridgehead atoms. The maximum atomic E-state index is 6.24. The van der Waals surface area contributed by atoms with Crippen LogP contribution in [0.5, 0.6) is 0 Å². The minimum atomic E-state index is 0.238. The zero-order valence-electron chi connectivity index (χ0n) is 11.9. The smallest absolute Gasteiger partial charge is 0.00824 e. The van der Waals surface area contributed by atoms with Gasteiger partial charge in [0.05, 0.1) is 0 Å². The van der Waals surface area contributed by atoms with Crippen molar-refractivity contribution in [3.63, 3.8) is 0 Å². The van der Waals surface area contributed by atoms with Crippen molar-refractivity contribution < 1.29 is 0 Å². The van der Waals surface area contributed by atoms with Crippen LogP contribution in [0.25, 0.3) is 0 Å². The SMILES string of the molecule is Cc1cccc(CCC(N)Cc2cccc(C)c2)c1. The van der Waals surface area contributed by atoms with Crippen LogP contribution in [0.3, 0.4) is 0 Å². The fourth-order valence-electron chi connectivity index (χ4n) is 2.46. The summed E-state index contributed by atoms with van der Waals surface area (Å²) in [7, 11) is 0. The average molecular weight is 253 g/mol. The predicted molar refractivity (Wildman–Crippen MR) is 82.4 cm³/mol. The molecule has 1 nitrogen and oxygen atoms in total. The number of hydrogen-bond donors (Lipinski definition) is 1. The summed E-state index contributed by atoms with van der Waals surface area (Å²) in [4.78, 5) is 0. The third-order valence-electron chi connectivity index (χ3n) is 3.47. The number of rotatable bonds is 5. The number of benzene rings is 2. The van der Waals surface area contributed by atoms with Gasteiger partial charge in [-0.2, -0.15) is 0 Å². The molecule has 2 aromatic carbocycles. The summed E-state index contributed by atoms with van der Waals surface area (Å²) in [6, 6.07) is 17.6. The van der Waals surface area contributed by atoms with Crippen molar-refractivity contribution in [3.05, 3.63) is 70.8 Å². The Morgan fingerprint density at radius 2 is 1.47 bits per heavy atom. The van der Waals surface area contributed by atoms with Crippen molar-refractivity contribution in [2.45, 2.75) is 39.2 Å². The lowest BCUT2D eigenvalue weighted by Crippen LogP contribution is -2.23. The zero-order valence-corrected chi connectivity index (χ0v) is 11.9. The van der Waals surface area contributed by atoms with Gasteiger partial charge in [0.2, 0.25) is 0 Å². The van der Waals surface area contributed by atoms with E-state index in [4.69, 9.17) is 5.73 Å². The molecule has 1 unspecified atom stereocenters. The van der Waals surface area contributed by atoms with Gasteiger partial charge in [-0.25, -0.2) is 0 Å². The molecule has 0 aliphatic heterocycles. The fourth-order valence-corrected chi connectivity index (χ4v) is 2.46. The van der Waals surface area contributed by atoms with Crippen LogP contribution in [0.4, 0.5) is 0 Å². The maximum Gasteiger partial charge on any atom is 0.00824 e. The monoisotopic (exact) mass is 253 g/mol. The van der Waals surface area contributed by atoms with Crippen LogP contribution in [0.15, 0.2) is 48.5 Å². The van der Waals surface area contributed by atoms with Crippen molar-refractivity contribution in [2.24, 2.45) is 5.73 Å². The molecule has 0 saturated carbocycles. The quantitative estimate of drug-likeness (QED) is 0.861. The summed E-state index contributed by atoms with van der Waals surface area (Å²) in [6.45, 7) is 4.26. The highest BCUT2D eigenvalue weighted by molar-refractivity contribution is 5.24. The molecule has 1 heteroatoms. The van der Waals surface area contributed by atoms with Crippen LogP contribution in [-0.2, 0) is 12.8 Å². The Kier molecular flexibility index (Phi) is 4.75. The molecule has 1 atom stereocenters. The van der Waals surface area contributed by atoms with E-state index in [1.54, 1.807) is 0 Å². The molecule has 0 spiro atoms. The Morgan fingerprint density at radius 3 is 2.11 bits per heavy atom. The Bertz CT molecular complexity index is 531. The lowest BCUT2D eigenvalue weighted by atomic mass is 9.98. The minimum Gasteiger partial charge on any atom is -0.327 e. The normalized spacial score (nSPS) is 12.4. The third-order valence-corrected chi connectivity index (χ3v) is 3.47. The van der Waals surface area contributed by atoms with Crippen LogP contribution < -0.4 is 5.73 Å². The van der Waals surface area contributed by atoms with Crippen LogP contribution >= 0.6 is 0 Å². The summed E-state index contributed by atoms with van der Waals surface area (Å²) in [6.07, 6.45) is 3.07. The van der Waals surface area contributed by atoms with E-state index in [1.165, 1.54) is 22.3 Å². The van der Waals surface area contributed by atoms with E-state index in [2.05, 4.69) is 62.4 Å².